The van der Waals surface area contributed by atoms with Crippen molar-refractivity contribution in [3.8, 4) is 0 Å². The van der Waals surface area contributed by atoms with Crippen LogP contribution in [0.3, 0.4) is 0 Å². The van der Waals surface area contributed by atoms with Crippen molar-refractivity contribution in [2.24, 2.45) is 0 Å². The maximum absolute atomic E-state index is 11.0. The van der Waals surface area contributed by atoms with Gasteiger partial charge in [0.15, 0.2) is 0 Å². The van der Waals surface area contributed by atoms with Crippen LogP contribution in [0.5, 0.6) is 0 Å². The quantitative estimate of drug-likeness (QED) is 0.924. The first-order chi connectivity index (χ1) is 11.4. The monoisotopic (exact) mass is 328 g/mol. The number of aryl methyl sites for hydroxylation is 1. The smallest absolute Gasteiger partial charge is 0.134 e. The summed E-state index contributed by atoms with van der Waals surface area (Å²) >= 11 is 0. The summed E-state index contributed by atoms with van der Waals surface area (Å²) in [7, 11) is 0. The molecule has 1 aliphatic carbocycles. The van der Waals surface area contributed by atoms with Crippen LogP contribution in [0, 0.1) is 6.92 Å². The molecular formula is C17H24N6O. The Labute approximate surface area is 141 Å². The van der Waals surface area contributed by atoms with E-state index in [0.29, 0.717) is 24.6 Å². The van der Waals surface area contributed by atoms with Crippen LogP contribution >= 0.6 is 0 Å². The van der Waals surface area contributed by atoms with E-state index in [1.54, 1.807) is 4.68 Å². The SMILES string of the molecule is Cc1cc(N2CC[C@](O)(c3cn(C(C)C)nn3)C2)nc(C2CC2)n1. The molecule has 1 atom stereocenters. The highest BCUT2D eigenvalue weighted by molar-refractivity contribution is 5.43. The van der Waals surface area contributed by atoms with E-state index in [-0.39, 0.29) is 6.04 Å². The lowest BCUT2D eigenvalue weighted by Gasteiger charge is -2.22. The molecule has 4 rings (SSSR count). The zero-order valence-corrected chi connectivity index (χ0v) is 14.5. The van der Waals surface area contributed by atoms with Gasteiger partial charge in [0.2, 0.25) is 0 Å². The number of aliphatic hydroxyl groups is 1. The van der Waals surface area contributed by atoms with E-state index in [2.05, 4.69) is 20.2 Å². The largest absolute Gasteiger partial charge is 0.381 e. The van der Waals surface area contributed by atoms with Crippen molar-refractivity contribution in [3.63, 3.8) is 0 Å². The second-order valence-electron chi connectivity index (χ2n) is 7.38. The number of anilines is 1. The second kappa shape index (κ2) is 5.51. The van der Waals surface area contributed by atoms with Gasteiger partial charge in [-0.2, -0.15) is 0 Å². The van der Waals surface area contributed by atoms with Crippen LogP contribution in [0.1, 0.15) is 62.3 Å². The first-order valence-corrected chi connectivity index (χ1v) is 8.70. The third-order valence-corrected chi connectivity index (χ3v) is 4.89. The van der Waals surface area contributed by atoms with E-state index < -0.39 is 5.60 Å². The van der Waals surface area contributed by atoms with Gasteiger partial charge in [0.1, 0.15) is 22.9 Å². The predicted octanol–water partition coefficient (Wildman–Crippen LogP) is 1.93. The highest BCUT2D eigenvalue weighted by Gasteiger charge is 2.41. The Kier molecular flexibility index (Phi) is 3.56. The molecule has 0 unspecified atom stereocenters. The molecule has 7 heteroatoms. The molecule has 0 spiro atoms. The Morgan fingerprint density at radius 3 is 2.75 bits per heavy atom. The number of rotatable bonds is 4. The summed E-state index contributed by atoms with van der Waals surface area (Å²) in [6.07, 6.45) is 4.86. The molecule has 1 saturated carbocycles. The predicted molar refractivity (Wildman–Crippen MR) is 89.9 cm³/mol. The van der Waals surface area contributed by atoms with Gasteiger partial charge < -0.3 is 10.0 Å². The lowest BCUT2D eigenvalue weighted by atomic mass is 10.00. The zero-order chi connectivity index (χ0) is 16.9. The van der Waals surface area contributed by atoms with Gasteiger partial charge in [0.05, 0.1) is 12.7 Å². The second-order valence-corrected chi connectivity index (χ2v) is 7.38. The van der Waals surface area contributed by atoms with Crippen molar-refractivity contribution < 1.29 is 5.11 Å². The maximum atomic E-state index is 11.0. The van der Waals surface area contributed by atoms with E-state index in [1.165, 1.54) is 12.8 Å². The van der Waals surface area contributed by atoms with Gasteiger partial charge in [-0.25, -0.2) is 14.6 Å². The van der Waals surface area contributed by atoms with Crippen LogP contribution in [-0.2, 0) is 5.60 Å². The van der Waals surface area contributed by atoms with Crippen molar-refractivity contribution in [2.45, 2.75) is 57.6 Å². The molecule has 0 radical (unpaired) electrons. The molecule has 2 aromatic rings. The van der Waals surface area contributed by atoms with Crippen LogP contribution in [0.25, 0.3) is 0 Å². The van der Waals surface area contributed by atoms with Gasteiger partial charge in [-0.15, -0.1) is 5.10 Å². The first-order valence-electron chi connectivity index (χ1n) is 8.70. The van der Waals surface area contributed by atoms with E-state index >= 15 is 0 Å². The highest BCUT2D eigenvalue weighted by Crippen LogP contribution is 2.39. The third kappa shape index (κ3) is 2.77. The first kappa shape index (κ1) is 15.5. The van der Waals surface area contributed by atoms with Gasteiger partial charge >= 0.3 is 0 Å². The van der Waals surface area contributed by atoms with Gasteiger partial charge in [-0.1, -0.05) is 5.21 Å². The molecule has 0 amide bonds. The van der Waals surface area contributed by atoms with Crippen LogP contribution in [0.4, 0.5) is 5.82 Å². The summed E-state index contributed by atoms with van der Waals surface area (Å²) < 4.78 is 1.79. The molecule has 1 aliphatic heterocycles. The molecular weight excluding hydrogens is 304 g/mol. The van der Waals surface area contributed by atoms with Crippen molar-refractivity contribution >= 4 is 5.82 Å². The topological polar surface area (TPSA) is 80.0 Å². The minimum Gasteiger partial charge on any atom is -0.381 e. The summed E-state index contributed by atoms with van der Waals surface area (Å²) in [5, 5.41) is 19.4. The van der Waals surface area contributed by atoms with Crippen molar-refractivity contribution in [1.82, 2.24) is 25.0 Å². The summed E-state index contributed by atoms with van der Waals surface area (Å²) in [6, 6.07) is 2.24. The molecule has 2 fully saturated rings. The molecule has 7 nitrogen and oxygen atoms in total. The van der Waals surface area contributed by atoms with Gasteiger partial charge in [0, 0.05) is 36.7 Å². The van der Waals surface area contributed by atoms with Gasteiger partial charge in [-0.3, -0.25) is 0 Å². The number of nitrogens with zero attached hydrogens (tertiary/aromatic N) is 6. The van der Waals surface area contributed by atoms with Crippen molar-refractivity contribution in [2.75, 3.05) is 18.0 Å². The normalized spacial score (nSPS) is 24.1. The minimum atomic E-state index is -0.967. The Bertz CT molecular complexity index is 753. The molecule has 2 aromatic heterocycles. The summed E-state index contributed by atoms with van der Waals surface area (Å²) in [4.78, 5) is 11.4. The lowest BCUT2D eigenvalue weighted by Crippen LogP contribution is -2.31. The highest BCUT2D eigenvalue weighted by atomic mass is 16.3. The summed E-state index contributed by atoms with van der Waals surface area (Å²) in [6.45, 7) is 7.35. The Hall–Kier alpha value is -2.02. The summed E-state index contributed by atoms with van der Waals surface area (Å²) in [5.74, 6) is 2.39. The average molecular weight is 328 g/mol. The number of hydrogen-bond donors (Lipinski definition) is 1. The minimum absolute atomic E-state index is 0.234. The molecule has 1 saturated heterocycles. The fraction of sp³-hybridized carbons (Fsp3) is 0.647. The van der Waals surface area contributed by atoms with Crippen molar-refractivity contribution in [3.05, 3.63) is 29.5 Å². The molecule has 24 heavy (non-hydrogen) atoms. The fourth-order valence-electron chi connectivity index (χ4n) is 3.20. The molecule has 3 heterocycles. The van der Waals surface area contributed by atoms with Crippen LogP contribution in [0.2, 0.25) is 0 Å². The number of aromatic nitrogens is 5. The molecule has 2 aliphatic rings. The summed E-state index contributed by atoms with van der Waals surface area (Å²) in [5.41, 5.74) is 0.668. The van der Waals surface area contributed by atoms with Gasteiger partial charge in [-0.05, 0) is 33.6 Å². The zero-order valence-electron chi connectivity index (χ0n) is 14.5. The lowest BCUT2D eigenvalue weighted by molar-refractivity contribution is 0.0559. The number of hydrogen-bond acceptors (Lipinski definition) is 6. The third-order valence-electron chi connectivity index (χ3n) is 4.89. The van der Waals surface area contributed by atoms with E-state index in [9.17, 15) is 5.11 Å². The van der Waals surface area contributed by atoms with Gasteiger partial charge in [0.25, 0.3) is 0 Å². The van der Waals surface area contributed by atoms with Crippen LogP contribution in [-0.4, -0.2) is 43.2 Å². The van der Waals surface area contributed by atoms with Crippen LogP contribution < -0.4 is 4.90 Å². The van der Waals surface area contributed by atoms with E-state index in [1.807, 2.05) is 33.0 Å². The molecule has 0 bridgehead atoms. The molecule has 1 N–H and O–H groups in total. The Balaban J connectivity index is 1.57. The van der Waals surface area contributed by atoms with E-state index in [0.717, 1.165) is 23.9 Å². The van der Waals surface area contributed by atoms with Crippen LogP contribution in [0.15, 0.2) is 12.3 Å². The fourth-order valence-corrected chi connectivity index (χ4v) is 3.20. The van der Waals surface area contributed by atoms with Crippen molar-refractivity contribution in [1.29, 1.82) is 0 Å². The Morgan fingerprint density at radius 2 is 2.08 bits per heavy atom. The molecule has 0 aromatic carbocycles. The van der Waals surface area contributed by atoms with E-state index in [4.69, 9.17) is 4.98 Å². The number of β-amino-alcohol motifs (C(OH)–C–C–N with tert-alkyl or cyclic N) is 1. The Morgan fingerprint density at radius 1 is 1.29 bits per heavy atom. The molecule has 128 valence electrons. The maximum Gasteiger partial charge on any atom is 0.134 e. The standard InChI is InChI=1S/C17H24N6O/c1-11(2)23-9-14(20-21-23)17(24)6-7-22(10-17)15-8-12(3)18-16(19-15)13-4-5-13/h8-9,11,13,24H,4-7,10H2,1-3H3/t17-/m1/s1. The average Bonchev–Trinajstić information content (AvgIpc) is 3.11.